The third-order valence-corrected chi connectivity index (χ3v) is 4.56. The van der Waals surface area contributed by atoms with Gasteiger partial charge in [-0.2, -0.15) is 0 Å². The van der Waals surface area contributed by atoms with E-state index in [9.17, 15) is 9.59 Å². The molecule has 2 aromatic carbocycles. The summed E-state index contributed by atoms with van der Waals surface area (Å²) in [6, 6.07) is 13.9. The molecular weight excluding hydrogens is 342 g/mol. The van der Waals surface area contributed by atoms with Gasteiger partial charge >= 0.3 is 5.69 Å². The molecule has 0 saturated heterocycles. The largest absolute Gasteiger partial charge is 0.399 e. The van der Waals surface area contributed by atoms with Crippen molar-refractivity contribution in [2.24, 2.45) is 0 Å². The van der Waals surface area contributed by atoms with Gasteiger partial charge in [0.05, 0.1) is 22.9 Å². The number of benzene rings is 2. The molecule has 4 rings (SSSR count). The molecule has 7 heteroatoms. The first kappa shape index (κ1) is 16.8. The minimum absolute atomic E-state index is 0.328. The van der Waals surface area contributed by atoms with E-state index in [1.54, 1.807) is 53.5 Å². The highest BCUT2D eigenvalue weighted by Gasteiger charge is 2.14. The molecule has 0 fully saturated rings. The molecule has 0 unspecified atom stereocenters. The summed E-state index contributed by atoms with van der Waals surface area (Å²) in [7, 11) is 0. The summed E-state index contributed by atoms with van der Waals surface area (Å²) in [5, 5.41) is 0.511. The van der Waals surface area contributed by atoms with Crippen molar-refractivity contribution in [2.75, 3.05) is 5.73 Å². The third-order valence-electron chi connectivity index (χ3n) is 4.56. The number of nitrogen functional groups attached to an aromatic ring is 1. The first-order chi connectivity index (χ1) is 13.1. The number of nitrogens with zero attached hydrogens (tertiary/aromatic N) is 4. The first-order valence-corrected chi connectivity index (χ1v) is 8.71. The molecule has 136 valence electrons. The van der Waals surface area contributed by atoms with Crippen molar-refractivity contribution >= 4 is 16.6 Å². The highest BCUT2D eigenvalue weighted by molar-refractivity contribution is 5.78. The summed E-state index contributed by atoms with van der Waals surface area (Å²) in [5.41, 5.74) is 6.78. The van der Waals surface area contributed by atoms with E-state index in [1.807, 2.05) is 22.9 Å². The Labute approximate surface area is 154 Å². The van der Waals surface area contributed by atoms with Crippen molar-refractivity contribution < 1.29 is 0 Å². The molecule has 0 saturated carbocycles. The summed E-state index contributed by atoms with van der Waals surface area (Å²) in [6.45, 7) is 1.23. The van der Waals surface area contributed by atoms with Gasteiger partial charge in [-0.15, -0.1) is 0 Å². The number of hydrogen-bond acceptors (Lipinski definition) is 4. The van der Waals surface area contributed by atoms with Crippen LogP contribution < -0.4 is 17.0 Å². The Morgan fingerprint density at radius 2 is 1.74 bits per heavy atom. The monoisotopic (exact) mass is 361 g/mol. The maximum absolute atomic E-state index is 13.2. The fourth-order valence-corrected chi connectivity index (χ4v) is 3.22. The smallest absolute Gasteiger partial charge is 0.336 e. The Hall–Kier alpha value is -3.61. The molecular formula is C20H19N5O2. The van der Waals surface area contributed by atoms with Gasteiger partial charge in [-0.1, -0.05) is 12.1 Å². The number of hydrogen-bond donors (Lipinski definition) is 1. The molecule has 27 heavy (non-hydrogen) atoms. The van der Waals surface area contributed by atoms with Crippen LogP contribution in [0.5, 0.6) is 0 Å². The second-order valence-electron chi connectivity index (χ2n) is 6.34. The van der Waals surface area contributed by atoms with Crippen LogP contribution in [0.4, 0.5) is 5.69 Å². The van der Waals surface area contributed by atoms with E-state index >= 15 is 0 Å². The molecule has 0 spiro atoms. The zero-order valence-corrected chi connectivity index (χ0v) is 14.7. The van der Waals surface area contributed by atoms with Gasteiger partial charge in [0.1, 0.15) is 0 Å². The van der Waals surface area contributed by atoms with E-state index in [1.165, 1.54) is 4.57 Å². The Kier molecular flexibility index (Phi) is 4.33. The average Bonchev–Trinajstić information content (AvgIpc) is 3.19. The van der Waals surface area contributed by atoms with Gasteiger partial charge in [-0.3, -0.25) is 9.36 Å². The zero-order valence-electron chi connectivity index (χ0n) is 14.7. The van der Waals surface area contributed by atoms with E-state index in [4.69, 9.17) is 5.73 Å². The van der Waals surface area contributed by atoms with Crippen LogP contribution in [0.25, 0.3) is 16.6 Å². The van der Waals surface area contributed by atoms with Gasteiger partial charge in [-0.05, 0) is 42.8 Å². The molecule has 0 bridgehead atoms. The van der Waals surface area contributed by atoms with E-state index in [0.717, 1.165) is 13.0 Å². The molecule has 2 N–H and O–H groups in total. The van der Waals surface area contributed by atoms with Crippen molar-refractivity contribution in [2.45, 2.75) is 19.5 Å². The lowest BCUT2D eigenvalue weighted by Gasteiger charge is -2.14. The second kappa shape index (κ2) is 6.95. The zero-order chi connectivity index (χ0) is 18.8. The minimum Gasteiger partial charge on any atom is -0.399 e. The molecule has 7 nitrogen and oxygen atoms in total. The number of rotatable bonds is 5. The van der Waals surface area contributed by atoms with Gasteiger partial charge < -0.3 is 10.3 Å². The van der Waals surface area contributed by atoms with Crippen LogP contribution in [0.2, 0.25) is 0 Å². The topological polar surface area (TPSA) is 87.8 Å². The van der Waals surface area contributed by atoms with Crippen LogP contribution in [0.1, 0.15) is 6.42 Å². The quantitative estimate of drug-likeness (QED) is 0.551. The molecule has 0 aliphatic carbocycles. The average molecular weight is 361 g/mol. The standard InChI is InChI=1S/C20H19N5O2/c21-15-6-8-16(9-7-15)25-19(26)17-4-1-2-5-18(17)24(20(25)27)12-3-11-23-13-10-22-14-23/h1-2,4-10,13-14H,3,11-12,21H2. The number of aryl methyl sites for hydroxylation is 2. The molecule has 0 amide bonds. The molecule has 0 aliphatic heterocycles. The number of imidazole rings is 1. The Morgan fingerprint density at radius 3 is 2.48 bits per heavy atom. The fourth-order valence-electron chi connectivity index (χ4n) is 3.22. The van der Waals surface area contributed by atoms with Crippen LogP contribution in [0, 0.1) is 0 Å². The summed E-state index contributed by atoms with van der Waals surface area (Å²) in [6.07, 6.45) is 6.09. The van der Waals surface area contributed by atoms with E-state index in [2.05, 4.69) is 4.98 Å². The van der Waals surface area contributed by atoms with E-state index in [-0.39, 0.29) is 11.2 Å². The highest BCUT2D eigenvalue weighted by atomic mass is 16.2. The number of nitrogens with two attached hydrogens (primary N) is 1. The Bertz CT molecular complexity index is 1190. The second-order valence-corrected chi connectivity index (χ2v) is 6.34. The third kappa shape index (κ3) is 3.15. The first-order valence-electron chi connectivity index (χ1n) is 8.71. The van der Waals surface area contributed by atoms with Crippen molar-refractivity contribution in [3.8, 4) is 5.69 Å². The SMILES string of the molecule is Nc1ccc(-n2c(=O)c3ccccc3n(CCCn3ccnc3)c2=O)cc1. The molecule has 0 aliphatic rings. The minimum atomic E-state index is -0.353. The van der Waals surface area contributed by atoms with Crippen molar-refractivity contribution in [1.82, 2.24) is 18.7 Å². The molecule has 2 aromatic heterocycles. The summed E-state index contributed by atoms with van der Waals surface area (Å²) in [5.74, 6) is 0. The molecule has 2 heterocycles. The predicted molar refractivity (Wildman–Crippen MR) is 105 cm³/mol. The van der Waals surface area contributed by atoms with E-state index in [0.29, 0.717) is 28.8 Å². The van der Waals surface area contributed by atoms with Crippen LogP contribution in [0.15, 0.2) is 76.8 Å². The summed E-state index contributed by atoms with van der Waals surface area (Å²) >= 11 is 0. The number of aromatic nitrogens is 4. The van der Waals surface area contributed by atoms with Crippen LogP contribution >= 0.6 is 0 Å². The van der Waals surface area contributed by atoms with Crippen LogP contribution in [-0.2, 0) is 13.1 Å². The van der Waals surface area contributed by atoms with Gasteiger partial charge in [0.15, 0.2) is 0 Å². The molecule has 0 atom stereocenters. The highest BCUT2D eigenvalue weighted by Crippen LogP contribution is 2.12. The molecule has 4 aromatic rings. The summed E-state index contributed by atoms with van der Waals surface area (Å²) in [4.78, 5) is 30.1. The van der Waals surface area contributed by atoms with Crippen LogP contribution in [-0.4, -0.2) is 18.7 Å². The fraction of sp³-hybridized carbons (Fsp3) is 0.150. The van der Waals surface area contributed by atoms with Crippen molar-refractivity contribution in [3.63, 3.8) is 0 Å². The Balaban J connectivity index is 1.83. The van der Waals surface area contributed by atoms with Crippen molar-refractivity contribution in [1.29, 1.82) is 0 Å². The van der Waals surface area contributed by atoms with Gasteiger partial charge in [-0.25, -0.2) is 14.3 Å². The maximum Gasteiger partial charge on any atom is 0.336 e. The molecule has 0 radical (unpaired) electrons. The number of para-hydroxylation sites is 1. The Morgan fingerprint density at radius 1 is 0.963 bits per heavy atom. The van der Waals surface area contributed by atoms with Crippen molar-refractivity contribution in [3.05, 3.63) is 88.1 Å². The lowest BCUT2D eigenvalue weighted by molar-refractivity contribution is 0.549. The van der Waals surface area contributed by atoms with Gasteiger partial charge in [0.25, 0.3) is 5.56 Å². The van der Waals surface area contributed by atoms with Gasteiger partial charge in [0.2, 0.25) is 0 Å². The maximum atomic E-state index is 13.2. The lowest BCUT2D eigenvalue weighted by atomic mass is 10.2. The van der Waals surface area contributed by atoms with E-state index < -0.39 is 0 Å². The lowest BCUT2D eigenvalue weighted by Crippen LogP contribution is -2.39. The number of fused-ring (bicyclic) bond motifs is 1. The predicted octanol–water partition coefficient (Wildman–Crippen LogP) is 2.02. The van der Waals surface area contributed by atoms with Gasteiger partial charge in [0, 0.05) is 31.2 Å². The summed E-state index contributed by atoms with van der Waals surface area (Å²) < 4.78 is 4.83. The normalized spacial score (nSPS) is 11.1. The van der Waals surface area contributed by atoms with Crippen LogP contribution in [0.3, 0.4) is 0 Å². The number of anilines is 1.